The largest absolute Gasteiger partial charge is 1.00 e. The van der Waals surface area contributed by atoms with E-state index in [2.05, 4.69) is 4.58 Å². The monoisotopic (exact) mass is 355 g/mol. The van der Waals surface area contributed by atoms with E-state index in [4.69, 9.17) is 0 Å². The van der Waals surface area contributed by atoms with Crippen LogP contribution in [0.25, 0.3) is 0 Å². The van der Waals surface area contributed by atoms with Gasteiger partial charge in [0.2, 0.25) is 5.78 Å². The third-order valence-electron chi connectivity index (χ3n) is 3.09. The molecule has 1 aliphatic heterocycles. The quantitative estimate of drug-likeness (QED) is 0.530. The highest BCUT2D eigenvalue weighted by Crippen LogP contribution is 2.14. The molecule has 1 aromatic heterocycles. The summed E-state index contributed by atoms with van der Waals surface area (Å²) in [7, 11) is 0. The van der Waals surface area contributed by atoms with Gasteiger partial charge in [-0.3, -0.25) is 4.79 Å². The number of ketones is 1. The molecule has 0 bridgehead atoms. The Balaban J connectivity index is 0.00000133. The average Bonchev–Trinajstić information content (AvgIpc) is 3.09. The minimum Gasteiger partial charge on any atom is -1.00 e. The Hall–Kier alpha value is -0.780. The van der Waals surface area contributed by atoms with Crippen LogP contribution in [0.5, 0.6) is 0 Å². The lowest BCUT2D eigenvalue weighted by molar-refractivity contribution is -0.0000107. The zero-order valence-corrected chi connectivity index (χ0v) is 13.6. The molecule has 0 N–H and O–H groups in total. The second-order valence-corrected chi connectivity index (χ2v) is 6.50. The van der Waals surface area contributed by atoms with Gasteiger partial charge in [-0.05, 0) is 0 Å². The molecule has 0 unspecified atom stereocenters. The second-order valence-electron chi connectivity index (χ2n) is 4.36. The molecule has 2 aromatic rings. The fourth-order valence-electron chi connectivity index (χ4n) is 2.12. The molecule has 0 radical (unpaired) electrons. The summed E-state index contributed by atoms with van der Waals surface area (Å²) in [6.07, 6.45) is 2.54. The van der Waals surface area contributed by atoms with Gasteiger partial charge < -0.3 is 17.0 Å². The van der Waals surface area contributed by atoms with Gasteiger partial charge in [-0.1, -0.05) is 53.0 Å². The second kappa shape index (κ2) is 6.59. The Kier molecular flexibility index (Phi) is 5.07. The van der Waals surface area contributed by atoms with Crippen LogP contribution in [-0.4, -0.2) is 18.9 Å². The van der Waals surface area contributed by atoms with E-state index < -0.39 is 0 Å². The van der Waals surface area contributed by atoms with Crippen molar-refractivity contribution in [1.82, 2.24) is 4.58 Å². The van der Waals surface area contributed by atoms with Crippen LogP contribution >= 0.6 is 22.7 Å². The third kappa shape index (κ3) is 3.22. The van der Waals surface area contributed by atoms with Crippen LogP contribution in [0.15, 0.2) is 35.7 Å². The van der Waals surface area contributed by atoms with Gasteiger partial charge in [-0.25, -0.2) is 4.58 Å². The van der Waals surface area contributed by atoms with Crippen LogP contribution in [0.3, 0.4) is 0 Å². The van der Waals surface area contributed by atoms with Crippen LogP contribution < -0.4 is 25.5 Å². The maximum absolute atomic E-state index is 12.3. The maximum Gasteiger partial charge on any atom is 0.314 e. The van der Waals surface area contributed by atoms with Gasteiger partial charge in [0.25, 0.3) is 0 Å². The molecule has 0 saturated carbocycles. The molecule has 1 saturated heterocycles. The van der Waals surface area contributed by atoms with Gasteiger partial charge in [0.05, 0.1) is 4.88 Å². The highest BCUT2D eigenvalue weighted by atomic mass is 79.9. The number of nitrogens with zero attached hydrogens (tertiary/aromatic N) is 1. The van der Waals surface area contributed by atoms with Crippen molar-refractivity contribution in [2.75, 3.05) is 13.1 Å². The number of hydrogen-bond acceptors (Lipinski definition) is 3. The van der Waals surface area contributed by atoms with Crippen molar-refractivity contribution in [2.24, 2.45) is 0 Å². The number of rotatable bonds is 2. The molecule has 1 aromatic carbocycles. The van der Waals surface area contributed by atoms with Crippen LogP contribution in [0, 0.1) is 0 Å². The van der Waals surface area contributed by atoms with Crippen molar-refractivity contribution in [3.63, 3.8) is 0 Å². The summed E-state index contributed by atoms with van der Waals surface area (Å²) in [6, 6.07) is 9.51. The van der Waals surface area contributed by atoms with Crippen molar-refractivity contribution in [3.05, 3.63) is 50.1 Å². The van der Waals surface area contributed by atoms with Gasteiger partial charge in [-0.2, -0.15) is 0 Å². The number of benzene rings is 1. The maximum atomic E-state index is 12.3. The fraction of sp³-hybridized carbons (Fsp3) is 0.286. The Morgan fingerprint density at radius 1 is 1.11 bits per heavy atom. The molecule has 0 aliphatic carbocycles. The summed E-state index contributed by atoms with van der Waals surface area (Å²) < 4.78 is 3.66. The van der Waals surface area contributed by atoms with Crippen LogP contribution in [0.4, 0.5) is 0 Å². The van der Waals surface area contributed by atoms with Crippen molar-refractivity contribution < 1.29 is 21.8 Å². The summed E-state index contributed by atoms with van der Waals surface area (Å²) in [5.41, 5.74) is 0.777. The minimum absolute atomic E-state index is 0. The molecule has 1 aliphatic rings. The summed E-state index contributed by atoms with van der Waals surface area (Å²) in [5, 5.41) is 1.99. The summed E-state index contributed by atoms with van der Waals surface area (Å²) in [4.78, 5) is 13.1. The fourth-order valence-corrected chi connectivity index (χ4v) is 4.42. The van der Waals surface area contributed by atoms with Gasteiger partial charge in [0, 0.05) is 23.8 Å². The first-order chi connectivity index (χ1) is 8.84. The van der Waals surface area contributed by atoms with E-state index in [-0.39, 0.29) is 22.8 Å². The van der Waals surface area contributed by atoms with Gasteiger partial charge in [0.1, 0.15) is 13.1 Å². The smallest absolute Gasteiger partial charge is 0.314 e. The molecule has 5 heteroatoms. The van der Waals surface area contributed by atoms with E-state index in [1.165, 1.54) is 16.8 Å². The molecule has 2 heterocycles. The van der Waals surface area contributed by atoms with Crippen LogP contribution in [-0.2, 0) is 0 Å². The van der Waals surface area contributed by atoms with E-state index in [1.54, 1.807) is 22.7 Å². The third-order valence-corrected chi connectivity index (χ3v) is 5.55. The topological polar surface area (TPSA) is 20.1 Å². The molecule has 0 amide bonds. The number of hydrogen-bond donors (Lipinski definition) is 0. The SMILES string of the molecule is O=C(c1ccccc1)c1csc(=[N+]2CCCC2)s1.[Br-]. The van der Waals surface area contributed by atoms with Gasteiger partial charge in [0.15, 0.2) is 0 Å². The molecular formula is C14H14BrNOS2. The Morgan fingerprint density at radius 2 is 1.79 bits per heavy atom. The Bertz CT molecular complexity index is 622. The van der Waals surface area contributed by atoms with E-state index in [0.717, 1.165) is 23.5 Å². The first kappa shape index (κ1) is 14.6. The van der Waals surface area contributed by atoms with Crippen molar-refractivity contribution in [3.8, 4) is 0 Å². The van der Waals surface area contributed by atoms with E-state index in [9.17, 15) is 4.79 Å². The van der Waals surface area contributed by atoms with Crippen molar-refractivity contribution in [2.45, 2.75) is 12.8 Å². The van der Waals surface area contributed by atoms with Crippen molar-refractivity contribution >= 4 is 28.5 Å². The van der Waals surface area contributed by atoms with Crippen LogP contribution in [0.2, 0.25) is 0 Å². The lowest BCUT2D eigenvalue weighted by Gasteiger charge is -1.95. The summed E-state index contributed by atoms with van der Waals surface area (Å²) in [5.74, 6) is 0.141. The standard InChI is InChI=1S/C14H14NOS2.BrH/c16-13(11-6-2-1-3-7-11)12-10-17-14(18-12)15-8-4-5-9-15;/h1-3,6-7,10H,4-5,8-9H2;1H/q+1;/p-1. The predicted octanol–water partition coefficient (Wildman–Crippen LogP) is -0.389. The molecule has 0 atom stereocenters. The van der Waals surface area contributed by atoms with Gasteiger partial charge >= 0.3 is 3.98 Å². The number of carbonyl (C=O) groups excluding carboxylic acids is 1. The zero-order chi connectivity index (χ0) is 12.4. The highest BCUT2D eigenvalue weighted by molar-refractivity contribution is 7.27. The molecule has 2 nitrogen and oxygen atoms in total. The van der Waals surface area contributed by atoms with Gasteiger partial charge in [-0.15, -0.1) is 0 Å². The summed E-state index contributed by atoms with van der Waals surface area (Å²) in [6.45, 7) is 2.27. The lowest BCUT2D eigenvalue weighted by Crippen LogP contribution is -3.00. The van der Waals surface area contributed by atoms with Crippen LogP contribution in [0.1, 0.15) is 28.1 Å². The average molecular weight is 356 g/mol. The lowest BCUT2D eigenvalue weighted by atomic mass is 10.1. The first-order valence-electron chi connectivity index (χ1n) is 6.11. The Labute approximate surface area is 130 Å². The first-order valence-corrected chi connectivity index (χ1v) is 7.80. The van der Waals surface area contributed by atoms with E-state index in [1.807, 2.05) is 35.7 Å². The molecule has 3 rings (SSSR count). The van der Waals surface area contributed by atoms with E-state index >= 15 is 0 Å². The Morgan fingerprint density at radius 3 is 2.47 bits per heavy atom. The van der Waals surface area contributed by atoms with E-state index in [0.29, 0.717) is 0 Å². The molecule has 100 valence electrons. The normalized spacial score (nSPS) is 14.2. The minimum atomic E-state index is 0. The molecule has 19 heavy (non-hydrogen) atoms. The molecular weight excluding hydrogens is 342 g/mol. The van der Waals surface area contributed by atoms with Crippen molar-refractivity contribution in [1.29, 1.82) is 0 Å². The highest BCUT2D eigenvalue weighted by Gasteiger charge is 2.17. The zero-order valence-electron chi connectivity index (χ0n) is 10.3. The summed E-state index contributed by atoms with van der Waals surface area (Å²) >= 11 is 3.32. The predicted molar refractivity (Wildman–Crippen MR) is 76.3 cm³/mol. The number of carbonyl (C=O) groups is 1. The molecule has 0 spiro atoms. The molecule has 1 fully saturated rings. The number of halogens is 1.